The van der Waals surface area contributed by atoms with Crippen molar-refractivity contribution in [1.82, 2.24) is 21.3 Å². The van der Waals surface area contributed by atoms with Gasteiger partial charge in [-0.25, -0.2) is 4.79 Å². The van der Waals surface area contributed by atoms with Gasteiger partial charge >= 0.3 is 11.9 Å². The molecular formula is C25H45N5O9S. The Hall–Kier alpha value is -2.91. The summed E-state index contributed by atoms with van der Waals surface area (Å²) in [5.41, 5.74) is 5.56. The van der Waals surface area contributed by atoms with Gasteiger partial charge in [-0.2, -0.15) is 11.8 Å². The fourth-order valence-electron chi connectivity index (χ4n) is 3.58. The minimum absolute atomic E-state index is 0.0862. The van der Waals surface area contributed by atoms with Crippen LogP contribution in [-0.2, 0) is 28.8 Å². The summed E-state index contributed by atoms with van der Waals surface area (Å²) in [4.78, 5) is 74.2. The average molecular weight is 592 g/mol. The number of nitrogens with one attached hydrogen (secondary N) is 4. The van der Waals surface area contributed by atoms with Gasteiger partial charge in [0.05, 0.1) is 6.61 Å². The van der Waals surface area contributed by atoms with E-state index in [1.54, 1.807) is 20.8 Å². The molecule has 4 amide bonds. The van der Waals surface area contributed by atoms with E-state index in [0.717, 1.165) is 0 Å². The fourth-order valence-corrected chi connectivity index (χ4v) is 4.06. The molecule has 0 fully saturated rings. The molecule has 0 aliphatic rings. The summed E-state index contributed by atoms with van der Waals surface area (Å²) in [6, 6.07) is -5.97. The van der Waals surface area contributed by atoms with Crippen LogP contribution < -0.4 is 27.0 Å². The van der Waals surface area contributed by atoms with E-state index in [4.69, 9.17) is 15.9 Å². The lowest BCUT2D eigenvalue weighted by Gasteiger charge is -2.29. The number of hydrogen-bond donors (Lipinski definition) is 8. The molecule has 0 bridgehead atoms. The van der Waals surface area contributed by atoms with Crippen LogP contribution in [0.3, 0.4) is 0 Å². The summed E-state index contributed by atoms with van der Waals surface area (Å²) in [7, 11) is 0. The van der Waals surface area contributed by atoms with Crippen molar-refractivity contribution in [2.24, 2.45) is 17.6 Å². The molecule has 0 aromatic carbocycles. The predicted molar refractivity (Wildman–Crippen MR) is 149 cm³/mol. The molecule has 15 heteroatoms. The zero-order valence-electron chi connectivity index (χ0n) is 23.8. The second-order valence-electron chi connectivity index (χ2n) is 10.0. The first-order valence-corrected chi connectivity index (χ1v) is 14.6. The molecule has 0 saturated carbocycles. The van der Waals surface area contributed by atoms with Crippen LogP contribution in [0.5, 0.6) is 0 Å². The number of aliphatic carboxylic acids is 2. The molecule has 0 rings (SSSR count). The second-order valence-corrected chi connectivity index (χ2v) is 11.0. The fraction of sp³-hybridized carbons (Fsp3) is 0.760. The van der Waals surface area contributed by atoms with Crippen molar-refractivity contribution in [2.45, 2.75) is 90.0 Å². The highest BCUT2D eigenvalue weighted by Gasteiger charge is 2.34. The number of amides is 4. The van der Waals surface area contributed by atoms with Crippen LogP contribution in [0.2, 0.25) is 0 Å². The first kappa shape index (κ1) is 37.1. The van der Waals surface area contributed by atoms with Crippen LogP contribution in [0, 0.1) is 11.8 Å². The maximum atomic E-state index is 13.4. The third-order valence-electron chi connectivity index (χ3n) is 6.17. The molecule has 40 heavy (non-hydrogen) atoms. The smallest absolute Gasteiger partial charge is 0.326 e. The summed E-state index contributed by atoms with van der Waals surface area (Å²) < 4.78 is 0. The molecule has 230 valence electrons. The second kappa shape index (κ2) is 19.2. The van der Waals surface area contributed by atoms with E-state index < -0.39 is 78.8 Å². The molecule has 9 N–H and O–H groups in total. The van der Waals surface area contributed by atoms with Crippen LogP contribution in [-0.4, -0.2) is 99.7 Å². The van der Waals surface area contributed by atoms with Gasteiger partial charge in [0, 0.05) is 6.42 Å². The quantitative estimate of drug-likeness (QED) is 0.0858. The van der Waals surface area contributed by atoms with Crippen molar-refractivity contribution in [3.63, 3.8) is 0 Å². The molecule has 0 aliphatic carbocycles. The molecule has 14 nitrogen and oxygen atoms in total. The Balaban J connectivity index is 5.84. The number of hydrogen-bond acceptors (Lipinski definition) is 9. The van der Waals surface area contributed by atoms with Gasteiger partial charge in [0.15, 0.2) is 0 Å². The lowest BCUT2D eigenvalue weighted by atomic mass is 9.96. The monoisotopic (exact) mass is 591 g/mol. The Bertz CT molecular complexity index is 874. The minimum atomic E-state index is -1.47. The molecule has 6 atom stereocenters. The lowest BCUT2D eigenvalue weighted by Crippen LogP contribution is -2.60. The van der Waals surface area contributed by atoms with Gasteiger partial charge in [-0.05, 0) is 43.1 Å². The van der Waals surface area contributed by atoms with E-state index in [9.17, 15) is 33.9 Å². The van der Waals surface area contributed by atoms with Crippen molar-refractivity contribution in [3.05, 3.63) is 0 Å². The Morgan fingerprint density at radius 1 is 0.800 bits per heavy atom. The SMILES string of the molecule is CC[C@H](C)[C@H](NC(=O)[C@H](CCSC)NC(=O)[C@@H](N)CO)C(=O)N[C@@H](CC(C)C)C(=O)N[C@@H](CCC(=O)O)C(=O)O. The van der Waals surface area contributed by atoms with E-state index >= 15 is 0 Å². The van der Waals surface area contributed by atoms with E-state index in [2.05, 4.69) is 21.3 Å². The number of thioether (sulfide) groups is 1. The van der Waals surface area contributed by atoms with Gasteiger partial charge < -0.3 is 42.3 Å². The average Bonchev–Trinajstić information content (AvgIpc) is 2.89. The van der Waals surface area contributed by atoms with E-state index in [1.165, 1.54) is 11.8 Å². The first-order valence-electron chi connectivity index (χ1n) is 13.2. The molecular weight excluding hydrogens is 546 g/mol. The molecule has 0 heterocycles. The number of carbonyl (C=O) groups excluding carboxylic acids is 4. The van der Waals surface area contributed by atoms with Crippen LogP contribution in [0.15, 0.2) is 0 Å². The third kappa shape index (κ3) is 13.9. The van der Waals surface area contributed by atoms with E-state index in [0.29, 0.717) is 12.2 Å². The Labute approximate surface area is 239 Å². The molecule has 0 radical (unpaired) electrons. The number of nitrogens with two attached hydrogens (primary N) is 1. The van der Waals surface area contributed by atoms with Crippen molar-refractivity contribution in [2.75, 3.05) is 18.6 Å². The normalized spacial score (nSPS) is 15.6. The number of carboxylic acid groups (broad SMARTS) is 2. The van der Waals surface area contributed by atoms with Gasteiger partial charge in [-0.1, -0.05) is 34.1 Å². The summed E-state index contributed by atoms with van der Waals surface area (Å²) in [5, 5.41) is 37.5. The lowest BCUT2D eigenvalue weighted by molar-refractivity contribution is -0.143. The topological polar surface area (TPSA) is 237 Å². The van der Waals surface area contributed by atoms with Crippen LogP contribution in [0.1, 0.15) is 59.8 Å². The molecule has 0 aliphatic heterocycles. The zero-order valence-corrected chi connectivity index (χ0v) is 24.6. The zero-order chi connectivity index (χ0) is 31.0. The minimum Gasteiger partial charge on any atom is -0.481 e. The summed E-state index contributed by atoms with van der Waals surface area (Å²) in [6.45, 7) is 6.53. The molecule has 0 aromatic heterocycles. The Morgan fingerprint density at radius 2 is 1.35 bits per heavy atom. The predicted octanol–water partition coefficient (Wildman–Crippen LogP) is -0.960. The van der Waals surface area contributed by atoms with Crippen LogP contribution >= 0.6 is 11.8 Å². The number of carboxylic acids is 2. The van der Waals surface area contributed by atoms with Gasteiger partial charge in [0.2, 0.25) is 23.6 Å². The molecule has 0 unspecified atom stereocenters. The van der Waals surface area contributed by atoms with Crippen molar-refractivity contribution >= 4 is 47.3 Å². The Kier molecular flexibility index (Phi) is 17.8. The number of aliphatic hydroxyl groups is 1. The Morgan fingerprint density at radius 3 is 1.82 bits per heavy atom. The summed E-state index contributed by atoms with van der Waals surface area (Å²) >= 11 is 1.44. The first-order chi connectivity index (χ1) is 18.7. The van der Waals surface area contributed by atoms with Crippen LogP contribution in [0.25, 0.3) is 0 Å². The van der Waals surface area contributed by atoms with Gasteiger partial charge in [0.25, 0.3) is 0 Å². The maximum Gasteiger partial charge on any atom is 0.326 e. The maximum absolute atomic E-state index is 13.4. The third-order valence-corrected chi connectivity index (χ3v) is 6.82. The number of carbonyl (C=O) groups is 6. The molecule has 0 saturated heterocycles. The molecule has 0 spiro atoms. The van der Waals surface area contributed by atoms with E-state index in [1.807, 2.05) is 13.2 Å². The van der Waals surface area contributed by atoms with Gasteiger partial charge in [-0.3, -0.25) is 24.0 Å². The van der Waals surface area contributed by atoms with Gasteiger partial charge in [0.1, 0.15) is 30.2 Å². The van der Waals surface area contributed by atoms with Crippen molar-refractivity contribution in [3.8, 4) is 0 Å². The van der Waals surface area contributed by atoms with E-state index in [-0.39, 0.29) is 31.1 Å². The number of aliphatic hydroxyl groups excluding tert-OH is 1. The van der Waals surface area contributed by atoms with Crippen LogP contribution in [0.4, 0.5) is 0 Å². The standard InChI is InChI=1S/C25H45N5O9S/c1-6-14(4)20(30-22(35)16(9-10-40-5)27-21(34)15(26)12-31)24(37)29-18(11-13(2)3)23(36)28-17(25(38)39)7-8-19(32)33/h13-18,20,31H,6-12,26H2,1-5H3,(H,27,34)(H,28,36)(H,29,37)(H,30,35)(H,32,33)(H,38,39)/t14-,15-,16-,17-,18-,20-/m0/s1. The highest BCUT2D eigenvalue weighted by atomic mass is 32.2. The van der Waals surface area contributed by atoms with Crippen molar-refractivity contribution < 1.29 is 44.1 Å². The number of rotatable bonds is 20. The summed E-state index contributed by atoms with van der Waals surface area (Å²) in [5.74, 6) is -5.42. The highest BCUT2D eigenvalue weighted by molar-refractivity contribution is 7.98. The van der Waals surface area contributed by atoms with Crippen molar-refractivity contribution in [1.29, 1.82) is 0 Å². The van der Waals surface area contributed by atoms with Gasteiger partial charge in [-0.15, -0.1) is 0 Å². The molecule has 0 aromatic rings. The summed E-state index contributed by atoms with van der Waals surface area (Å²) in [6.07, 6.45) is 1.87. The largest absolute Gasteiger partial charge is 0.481 e. The highest BCUT2D eigenvalue weighted by Crippen LogP contribution is 2.12.